The Labute approximate surface area is 145 Å². The largest absolute Gasteiger partial charge is 0.462 e. The molecule has 0 radical (unpaired) electrons. The van der Waals surface area contributed by atoms with Gasteiger partial charge in [-0.15, -0.1) is 0 Å². The van der Waals surface area contributed by atoms with Crippen LogP contribution in [0.2, 0.25) is 0 Å². The maximum atomic E-state index is 11.9. The molecule has 4 aliphatic carbocycles. The summed E-state index contributed by atoms with van der Waals surface area (Å²) in [6, 6.07) is 0. The molecule has 1 unspecified atom stereocenters. The minimum absolute atomic E-state index is 0.106. The number of hydrogen-bond acceptors (Lipinski definition) is 3. The van der Waals surface area contributed by atoms with Crippen LogP contribution in [0.4, 0.5) is 0 Å². The van der Waals surface area contributed by atoms with Crippen molar-refractivity contribution in [2.75, 3.05) is 0 Å². The number of rotatable bonds is 1. The van der Waals surface area contributed by atoms with Gasteiger partial charge >= 0.3 is 5.97 Å². The Morgan fingerprint density at radius 2 is 1.92 bits per heavy atom. The van der Waals surface area contributed by atoms with Crippen LogP contribution in [0, 0.1) is 34.5 Å². The zero-order valence-electron chi connectivity index (χ0n) is 15.2. The Bertz CT molecular complexity index is 594. The van der Waals surface area contributed by atoms with Crippen molar-refractivity contribution < 1.29 is 14.3 Å². The quantitative estimate of drug-likeness (QED) is 0.673. The summed E-state index contributed by atoms with van der Waals surface area (Å²) >= 11 is 0. The molecule has 0 saturated heterocycles. The van der Waals surface area contributed by atoms with E-state index in [1.807, 2.05) is 6.08 Å². The van der Waals surface area contributed by atoms with Crippen molar-refractivity contribution in [2.45, 2.75) is 71.8 Å². The number of hydrogen-bond donors (Lipinski definition) is 0. The standard InChI is InChI=1S/C21H30O3/c1-13(22)24-19-7-6-17-16-5-4-14-12-15(23)8-10-20(14,2)18(16)9-11-21(17,19)3/h8,10,14,16-19H,4-7,9,11-12H2,1-3H3/t14-,16-,17-,18-,19?,20-,21-/m0/s1. The van der Waals surface area contributed by atoms with Gasteiger partial charge in [-0.2, -0.15) is 0 Å². The molecule has 7 atom stereocenters. The van der Waals surface area contributed by atoms with Crippen LogP contribution in [-0.2, 0) is 14.3 Å². The van der Waals surface area contributed by atoms with Gasteiger partial charge in [-0.05, 0) is 73.7 Å². The van der Waals surface area contributed by atoms with Crippen LogP contribution in [0.1, 0.15) is 65.7 Å². The minimum Gasteiger partial charge on any atom is -0.462 e. The lowest BCUT2D eigenvalue weighted by molar-refractivity contribution is -0.158. The molecule has 3 nitrogen and oxygen atoms in total. The molecule has 0 aromatic rings. The summed E-state index contributed by atoms with van der Waals surface area (Å²) in [5.74, 6) is 2.80. The molecule has 132 valence electrons. The first-order chi connectivity index (χ1) is 11.3. The number of allylic oxidation sites excluding steroid dienone is 2. The van der Waals surface area contributed by atoms with E-state index in [2.05, 4.69) is 19.9 Å². The van der Waals surface area contributed by atoms with E-state index in [9.17, 15) is 9.59 Å². The van der Waals surface area contributed by atoms with Crippen LogP contribution in [0.25, 0.3) is 0 Å². The highest BCUT2D eigenvalue weighted by molar-refractivity contribution is 5.91. The van der Waals surface area contributed by atoms with Crippen molar-refractivity contribution >= 4 is 11.8 Å². The maximum Gasteiger partial charge on any atom is 0.302 e. The molecule has 0 aliphatic heterocycles. The van der Waals surface area contributed by atoms with Crippen LogP contribution in [0.15, 0.2) is 12.2 Å². The number of ketones is 1. The first-order valence-electron chi connectivity index (χ1n) is 9.74. The predicted octanol–water partition coefficient (Wildman–Crippen LogP) is 4.31. The first-order valence-corrected chi connectivity index (χ1v) is 9.74. The van der Waals surface area contributed by atoms with E-state index in [-0.39, 0.29) is 22.9 Å². The van der Waals surface area contributed by atoms with E-state index in [4.69, 9.17) is 4.74 Å². The van der Waals surface area contributed by atoms with Crippen molar-refractivity contribution in [2.24, 2.45) is 34.5 Å². The van der Waals surface area contributed by atoms with Gasteiger partial charge in [0.15, 0.2) is 5.78 Å². The fourth-order valence-electron chi connectivity index (χ4n) is 6.98. The fraction of sp³-hybridized carbons (Fsp3) is 0.810. The maximum absolute atomic E-state index is 11.9. The monoisotopic (exact) mass is 330 g/mol. The molecule has 4 aliphatic rings. The second kappa shape index (κ2) is 5.44. The van der Waals surface area contributed by atoms with Crippen LogP contribution in [0.5, 0.6) is 0 Å². The average Bonchev–Trinajstić information content (AvgIpc) is 2.84. The number of ether oxygens (including phenoxy) is 1. The van der Waals surface area contributed by atoms with Crippen molar-refractivity contribution in [1.29, 1.82) is 0 Å². The molecule has 3 saturated carbocycles. The predicted molar refractivity (Wildman–Crippen MR) is 92.2 cm³/mol. The molecular weight excluding hydrogens is 300 g/mol. The summed E-state index contributed by atoms with van der Waals surface area (Å²) < 4.78 is 5.71. The highest BCUT2D eigenvalue weighted by atomic mass is 16.5. The normalized spacial score (nSPS) is 50.0. The van der Waals surface area contributed by atoms with E-state index >= 15 is 0 Å². The number of carbonyl (C=O) groups excluding carboxylic acids is 2. The van der Waals surface area contributed by atoms with E-state index in [1.54, 1.807) is 6.92 Å². The Balaban J connectivity index is 1.62. The van der Waals surface area contributed by atoms with Crippen molar-refractivity contribution in [3.63, 3.8) is 0 Å². The Hall–Kier alpha value is -1.12. The van der Waals surface area contributed by atoms with Gasteiger partial charge in [-0.25, -0.2) is 0 Å². The molecule has 4 rings (SSSR count). The number of esters is 1. The Kier molecular flexibility index (Phi) is 3.71. The second-order valence-electron chi connectivity index (χ2n) is 9.24. The van der Waals surface area contributed by atoms with Crippen molar-refractivity contribution in [3.8, 4) is 0 Å². The average molecular weight is 330 g/mol. The third-order valence-corrected chi connectivity index (χ3v) is 8.26. The fourth-order valence-corrected chi connectivity index (χ4v) is 6.98. The van der Waals surface area contributed by atoms with Gasteiger partial charge in [0.2, 0.25) is 0 Å². The van der Waals surface area contributed by atoms with Crippen LogP contribution >= 0.6 is 0 Å². The zero-order chi connectivity index (χ0) is 17.1. The smallest absolute Gasteiger partial charge is 0.302 e. The van der Waals surface area contributed by atoms with Gasteiger partial charge in [0, 0.05) is 18.8 Å². The SMILES string of the molecule is CC(=O)OC1CC[C@H]2[C@@H]3CC[C@H]4CC(=O)C=C[C@]4(C)[C@H]3CC[C@]12C. The van der Waals surface area contributed by atoms with Gasteiger partial charge in [-0.1, -0.05) is 19.9 Å². The summed E-state index contributed by atoms with van der Waals surface area (Å²) in [5.41, 5.74) is 0.349. The van der Waals surface area contributed by atoms with Gasteiger partial charge < -0.3 is 4.74 Å². The zero-order valence-corrected chi connectivity index (χ0v) is 15.2. The van der Waals surface area contributed by atoms with Gasteiger partial charge in [-0.3, -0.25) is 9.59 Å². The van der Waals surface area contributed by atoms with Crippen LogP contribution < -0.4 is 0 Å². The lowest BCUT2D eigenvalue weighted by atomic mass is 9.46. The Morgan fingerprint density at radius 3 is 2.67 bits per heavy atom. The molecule has 24 heavy (non-hydrogen) atoms. The van der Waals surface area contributed by atoms with Gasteiger partial charge in [0.25, 0.3) is 0 Å². The molecule has 0 amide bonds. The summed E-state index contributed by atoms with van der Waals surface area (Å²) in [7, 11) is 0. The molecule has 0 N–H and O–H groups in total. The summed E-state index contributed by atoms with van der Waals surface area (Å²) in [6.07, 6.45) is 12.0. The minimum atomic E-state index is -0.131. The Morgan fingerprint density at radius 1 is 1.12 bits per heavy atom. The van der Waals surface area contributed by atoms with Crippen LogP contribution in [-0.4, -0.2) is 17.9 Å². The summed E-state index contributed by atoms with van der Waals surface area (Å²) in [5, 5.41) is 0. The summed E-state index contributed by atoms with van der Waals surface area (Å²) in [4.78, 5) is 23.4. The molecule has 0 spiro atoms. The third kappa shape index (κ3) is 2.23. The topological polar surface area (TPSA) is 43.4 Å². The van der Waals surface area contributed by atoms with E-state index < -0.39 is 0 Å². The van der Waals surface area contributed by atoms with Crippen LogP contribution in [0.3, 0.4) is 0 Å². The molecule has 0 aromatic carbocycles. The third-order valence-electron chi connectivity index (χ3n) is 8.26. The molecule has 0 aromatic heterocycles. The van der Waals surface area contributed by atoms with Crippen molar-refractivity contribution in [3.05, 3.63) is 12.2 Å². The first kappa shape index (κ1) is 16.4. The van der Waals surface area contributed by atoms with Crippen molar-refractivity contribution in [1.82, 2.24) is 0 Å². The second-order valence-corrected chi connectivity index (χ2v) is 9.24. The number of fused-ring (bicyclic) bond motifs is 5. The molecule has 0 bridgehead atoms. The van der Waals surface area contributed by atoms with Gasteiger partial charge in [0.05, 0.1) is 0 Å². The van der Waals surface area contributed by atoms with E-state index in [0.29, 0.717) is 23.5 Å². The lowest BCUT2D eigenvalue weighted by Gasteiger charge is -2.58. The van der Waals surface area contributed by atoms with E-state index in [0.717, 1.165) is 25.2 Å². The number of carbonyl (C=O) groups is 2. The van der Waals surface area contributed by atoms with E-state index in [1.165, 1.54) is 25.7 Å². The van der Waals surface area contributed by atoms with Gasteiger partial charge in [0.1, 0.15) is 6.10 Å². The summed E-state index contributed by atoms with van der Waals surface area (Å²) in [6.45, 7) is 6.31. The molecular formula is C21H30O3. The molecule has 3 heteroatoms. The molecule has 3 fully saturated rings. The molecule has 0 heterocycles. The lowest BCUT2D eigenvalue weighted by Crippen LogP contribution is -2.53. The highest BCUT2D eigenvalue weighted by Gasteiger charge is 2.60. The highest BCUT2D eigenvalue weighted by Crippen LogP contribution is 2.65.